The number of hydrogen-bond donors (Lipinski definition) is 2. The second-order valence-corrected chi connectivity index (χ2v) is 9.88. The number of carbonyl (C=O) groups excluding carboxylic acids is 3. The van der Waals surface area contributed by atoms with E-state index < -0.39 is 17.4 Å². The number of rotatable bonds is 9. The van der Waals surface area contributed by atoms with Gasteiger partial charge in [0.25, 0.3) is 5.91 Å². The topological polar surface area (TPSA) is 114 Å². The number of esters is 1. The minimum absolute atomic E-state index is 0.0458. The molecule has 2 aliphatic carbocycles. The van der Waals surface area contributed by atoms with Gasteiger partial charge in [-0.05, 0) is 75.5 Å². The van der Waals surface area contributed by atoms with Crippen LogP contribution in [0.1, 0.15) is 85.8 Å². The van der Waals surface area contributed by atoms with Crippen molar-refractivity contribution in [1.82, 2.24) is 15.5 Å². The molecular weight excluding hydrogens is 460 g/mol. The highest BCUT2D eigenvalue weighted by molar-refractivity contribution is 6.12. The molecule has 0 spiro atoms. The summed E-state index contributed by atoms with van der Waals surface area (Å²) in [6.07, 6.45) is 5.88. The highest BCUT2D eigenvalue weighted by atomic mass is 16.5. The fourth-order valence-corrected chi connectivity index (χ4v) is 4.91. The molecule has 2 fully saturated rings. The van der Waals surface area contributed by atoms with Crippen LogP contribution in [0.5, 0.6) is 5.75 Å². The van der Waals surface area contributed by atoms with Crippen LogP contribution >= 0.6 is 0 Å². The molecule has 0 atom stereocenters. The summed E-state index contributed by atoms with van der Waals surface area (Å²) < 4.78 is 10.5. The molecule has 1 aromatic heterocycles. The molecule has 2 amide bonds. The Hall–Kier alpha value is -3.36. The smallest absolute Gasteiger partial charge is 0.356 e. The second kappa shape index (κ2) is 10.7. The predicted molar refractivity (Wildman–Crippen MR) is 135 cm³/mol. The van der Waals surface area contributed by atoms with Crippen LogP contribution in [0.2, 0.25) is 0 Å². The van der Waals surface area contributed by atoms with E-state index in [1.165, 1.54) is 6.07 Å². The summed E-state index contributed by atoms with van der Waals surface area (Å²) in [4.78, 5) is 41.3. The van der Waals surface area contributed by atoms with Crippen LogP contribution in [-0.2, 0) is 16.0 Å². The zero-order valence-corrected chi connectivity index (χ0v) is 21.6. The largest absolute Gasteiger partial charge is 0.497 e. The van der Waals surface area contributed by atoms with Crippen LogP contribution in [0.3, 0.4) is 0 Å². The summed E-state index contributed by atoms with van der Waals surface area (Å²) in [6.45, 7) is 6.18. The zero-order valence-electron chi connectivity index (χ0n) is 21.6. The molecule has 0 bridgehead atoms. The Balaban J connectivity index is 1.69. The summed E-state index contributed by atoms with van der Waals surface area (Å²) in [5.74, 6) is 0.0904. The third-order valence-corrected chi connectivity index (χ3v) is 7.27. The van der Waals surface area contributed by atoms with E-state index >= 15 is 0 Å². The van der Waals surface area contributed by atoms with Gasteiger partial charge in [-0.15, -0.1) is 0 Å². The van der Waals surface area contributed by atoms with Crippen molar-refractivity contribution in [2.45, 2.75) is 77.3 Å². The Morgan fingerprint density at radius 2 is 1.83 bits per heavy atom. The van der Waals surface area contributed by atoms with E-state index in [4.69, 9.17) is 9.47 Å². The van der Waals surface area contributed by atoms with E-state index in [1.54, 1.807) is 25.0 Å². The number of carbonyl (C=O) groups is 3. The Labute approximate surface area is 211 Å². The van der Waals surface area contributed by atoms with Crippen LogP contribution in [-0.4, -0.2) is 53.3 Å². The van der Waals surface area contributed by atoms with Crippen molar-refractivity contribution in [2.24, 2.45) is 5.92 Å². The molecule has 1 aromatic carbocycles. The first-order valence-corrected chi connectivity index (χ1v) is 12.9. The fraction of sp³-hybridized carbons (Fsp3) is 0.556. The molecule has 2 N–H and O–H groups in total. The number of nitrogens with one attached hydrogen (secondary N) is 2. The third kappa shape index (κ3) is 5.24. The van der Waals surface area contributed by atoms with Crippen LogP contribution in [0.25, 0.3) is 0 Å². The van der Waals surface area contributed by atoms with Crippen molar-refractivity contribution in [2.75, 3.05) is 18.6 Å². The van der Waals surface area contributed by atoms with Gasteiger partial charge in [-0.3, -0.25) is 19.6 Å². The first kappa shape index (κ1) is 25.7. The molecule has 36 heavy (non-hydrogen) atoms. The van der Waals surface area contributed by atoms with Gasteiger partial charge in [0.1, 0.15) is 17.0 Å². The first-order chi connectivity index (χ1) is 17.3. The lowest BCUT2D eigenvalue weighted by atomic mass is 9.87. The fourth-order valence-electron chi connectivity index (χ4n) is 4.91. The quantitative estimate of drug-likeness (QED) is 0.507. The summed E-state index contributed by atoms with van der Waals surface area (Å²) >= 11 is 0. The van der Waals surface area contributed by atoms with Crippen molar-refractivity contribution < 1.29 is 23.9 Å². The van der Waals surface area contributed by atoms with E-state index in [-0.39, 0.29) is 29.9 Å². The number of benzene rings is 1. The standard InChI is InChI=1S/C27H36N4O5/c1-5-18-13-20(15-21(14-18)35-4)31(24(32)22-16-23(30-29-22)25(33)36-6-2)27(11-12-27)26(34)28-19-9-7-17(3)8-10-19/h13-17,19H,5-12H2,1-4H3,(H,28,34)(H,29,30). The van der Waals surface area contributed by atoms with E-state index in [0.717, 1.165) is 37.7 Å². The number of anilines is 1. The Kier molecular flexibility index (Phi) is 7.66. The number of amides is 2. The van der Waals surface area contributed by atoms with Crippen molar-refractivity contribution in [3.05, 3.63) is 41.2 Å². The lowest BCUT2D eigenvalue weighted by Gasteiger charge is -2.34. The van der Waals surface area contributed by atoms with Crippen molar-refractivity contribution in [1.29, 1.82) is 0 Å². The highest BCUT2D eigenvalue weighted by Gasteiger charge is 2.58. The Bertz CT molecular complexity index is 1090. The molecule has 0 unspecified atom stereocenters. The number of H-pyrrole nitrogens is 1. The van der Waals surface area contributed by atoms with Crippen LogP contribution < -0.4 is 15.0 Å². The molecule has 9 heteroatoms. The average molecular weight is 497 g/mol. The maximum atomic E-state index is 13.9. The van der Waals surface area contributed by atoms with E-state index in [1.807, 2.05) is 19.1 Å². The van der Waals surface area contributed by atoms with Gasteiger partial charge in [0, 0.05) is 23.9 Å². The van der Waals surface area contributed by atoms with E-state index in [9.17, 15) is 14.4 Å². The number of aromatic amines is 1. The maximum Gasteiger partial charge on any atom is 0.356 e. The van der Waals surface area contributed by atoms with Gasteiger partial charge in [0.15, 0.2) is 5.69 Å². The van der Waals surface area contributed by atoms with Crippen molar-refractivity contribution >= 4 is 23.5 Å². The van der Waals surface area contributed by atoms with Crippen molar-refractivity contribution in [3.63, 3.8) is 0 Å². The summed E-state index contributed by atoms with van der Waals surface area (Å²) in [6, 6.07) is 7.09. The predicted octanol–water partition coefficient (Wildman–Crippen LogP) is 4.03. The zero-order chi connectivity index (χ0) is 25.9. The molecule has 4 rings (SSSR count). The average Bonchev–Trinajstić information content (AvgIpc) is 3.52. The summed E-state index contributed by atoms with van der Waals surface area (Å²) in [7, 11) is 1.58. The van der Waals surface area contributed by atoms with Gasteiger partial charge >= 0.3 is 5.97 Å². The molecule has 2 aliphatic rings. The van der Waals surface area contributed by atoms with E-state index in [0.29, 0.717) is 30.2 Å². The number of aromatic nitrogens is 2. The highest BCUT2D eigenvalue weighted by Crippen LogP contribution is 2.46. The van der Waals surface area contributed by atoms with Gasteiger partial charge in [-0.25, -0.2) is 4.79 Å². The van der Waals surface area contributed by atoms with Crippen LogP contribution in [0, 0.1) is 5.92 Å². The number of ether oxygens (including phenoxy) is 2. The van der Waals surface area contributed by atoms with Crippen LogP contribution in [0.15, 0.2) is 24.3 Å². The number of aryl methyl sites for hydroxylation is 1. The third-order valence-electron chi connectivity index (χ3n) is 7.27. The minimum atomic E-state index is -1.01. The SMILES string of the molecule is CCOC(=O)c1cc(C(=O)N(c2cc(CC)cc(OC)c2)C2(C(=O)NC3CCC(C)CC3)CC2)n[nH]1. The van der Waals surface area contributed by atoms with Gasteiger partial charge in [-0.1, -0.05) is 13.8 Å². The Morgan fingerprint density at radius 3 is 2.44 bits per heavy atom. The lowest BCUT2D eigenvalue weighted by molar-refractivity contribution is -0.124. The van der Waals surface area contributed by atoms with Gasteiger partial charge < -0.3 is 14.8 Å². The molecule has 1 heterocycles. The number of methoxy groups -OCH3 is 1. The molecule has 0 saturated heterocycles. The van der Waals surface area contributed by atoms with Crippen molar-refractivity contribution in [3.8, 4) is 5.75 Å². The van der Waals surface area contributed by atoms with Crippen LogP contribution in [0.4, 0.5) is 5.69 Å². The summed E-state index contributed by atoms with van der Waals surface area (Å²) in [5, 5.41) is 9.92. The van der Waals surface area contributed by atoms with Gasteiger partial charge in [0.05, 0.1) is 13.7 Å². The molecular formula is C27H36N4O5. The molecule has 9 nitrogen and oxygen atoms in total. The van der Waals surface area contributed by atoms with Gasteiger partial charge in [-0.2, -0.15) is 5.10 Å². The van der Waals surface area contributed by atoms with E-state index in [2.05, 4.69) is 22.4 Å². The monoisotopic (exact) mass is 496 g/mol. The second-order valence-electron chi connectivity index (χ2n) is 9.88. The maximum absolute atomic E-state index is 13.9. The molecule has 194 valence electrons. The lowest BCUT2D eigenvalue weighted by Crippen LogP contribution is -2.54. The molecule has 2 saturated carbocycles. The minimum Gasteiger partial charge on any atom is -0.497 e. The number of hydrogen-bond acceptors (Lipinski definition) is 6. The Morgan fingerprint density at radius 1 is 1.11 bits per heavy atom. The molecule has 2 aromatic rings. The number of nitrogens with zero attached hydrogens (tertiary/aromatic N) is 2. The normalized spacial score (nSPS) is 20.3. The summed E-state index contributed by atoms with van der Waals surface area (Å²) in [5.41, 5.74) is 0.673. The van der Waals surface area contributed by atoms with Gasteiger partial charge in [0.2, 0.25) is 5.91 Å². The first-order valence-electron chi connectivity index (χ1n) is 12.9. The molecule has 0 radical (unpaired) electrons. The molecule has 0 aliphatic heterocycles.